The number of carbonyl (C=O) groups excluding carboxylic acids is 1. The molecule has 5 atom stereocenters. The van der Waals surface area contributed by atoms with E-state index >= 15 is 0 Å². The van der Waals surface area contributed by atoms with E-state index in [1.807, 2.05) is 22.6 Å². The van der Waals surface area contributed by atoms with E-state index in [9.17, 15) is 43.9 Å². The van der Waals surface area contributed by atoms with Gasteiger partial charge in [-0.25, -0.2) is 12.8 Å². The lowest BCUT2D eigenvalue weighted by Gasteiger charge is -2.43. The molecule has 1 aliphatic heterocycles. The van der Waals surface area contributed by atoms with Crippen molar-refractivity contribution in [3.63, 3.8) is 0 Å². The summed E-state index contributed by atoms with van der Waals surface area (Å²) in [4.78, 5) is 15.4. The molecule has 0 bridgehead atoms. The van der Waals surface area contributed by atoms with E-state index in [1.165, 1.54) is 12.1 Å². The third-order valence-electron chi connectivity index (χ3n) is 9.89. The van der Waals surface area contributed by atoms with Crippen molar-refractivity contribution < 1.29 is 43.9 Å². The quantitative estimate of drug-likeness (QED) is 0.247. The van der Waals surface area contributed by atoms with Crippen LogP contribution in [0.2, 0.25) is 0 Å². The minimum atomic E-state index is -6.29. The minimum absolute atomic E-state index is 0.00513. The number of halogens is 8. The fraction of sp³-hybridized carbons (Fsp3) is 0.552. The molecule has 2 aromatic carbocycles. The Bertz CT molecular complexity index is 1500. The molecule has 6 rings (SSSR count). The van der Waals surface area contributed by atoms with Crippen LogP contribution in [0.5, 0.6) is 0 Å². The van der Waals surface area contributed by atoms with Crippen molar-refractivity contribution in [1.29, 1.82) is 0 Å². The van der Waals surface area contributed by atoms with Gasteiger partial charge in [-0.15, -0.1) is 0 Å². The first-order valence-electron chi connectivity index (χ1n) is 13.8. The van der Waals surface area contributed by atoms with Crippen LogP contribution in [0.15, 0.2) is 47.4 Å². The third-order valence-corrected chi connectivity index (χ3v) is 13.2. The summed E-state index contributed by atoms with van der Waals surface area (Å²) >= 11 is 2.01. The summed E-state index contributed by atoms with van der Waals surface area (Å²) in [6.45, 7) is 0.0857. The molecule has 4 nitrogen and oxygen atoms in total. The first-order chi connectivity index (χ1) is 19.6. The normalized spacial score (nSPS) is 29.5. The van der Waals surface area contributed by atoms with Crippen molar-refractivity contribution in [1.82, 2.24) is 4.90 Å². The molecule has 1 amide bonds. The average molecular weight is 729 g/mol. The van der Waals surface area contributed by atoms with Gasteiger partial charge in [0.1, 0.15) is 4.75 Å². The Kier molecular flexibility index (Phi) is 7.03. The summed E-state index contributed by atoms with van der Waals surface area (Å²) in [6, 6.07) is 6.93. The van der Waals surface area contributed by atoms with Gasteiger partial charge < -0.3 is 4.90 Å². The largest absolute Gasteiger partial charge is 0.435 e. The molecular weight excluding hydrogens is 702 g/mol. The number of benzene rings is 2. The summed E-state index contributed by atoms with van der Waals surface area (Å²) in [5, 5.41) is 0. The Morgan fingerprint density at radius 1 is 0.881 bits per heavy atom. The number of hydrogen-bond donors (Lipinski definition) is 0. The number of alkyl halides is 7. The van der Waals surface area contributed by atoms with Gasteiger partial charge in [0, 0.05) is 21.6 Å². The predicted octanol–water partition coefficient (Wildman–Crippen LogP) is 7.23. The maximum Gasteiger partial charge on any atom is 0.435 e. The number of aryl methyl sites for hydroxylation is 1. The molecule has 0 unspecified atom stereocenters. The average Bonchev–Trinajstić information content (AvgIpc) is 3.51. The highest BCUT2D eigenvalue weighted by Gasteiger charge is 2.74. The number of nitrogens with zero attached hydrogens (tertiary/aromatic N) is 1. The van der Waals surface area contributed by atoms with Crippen LogP contribution < -0.4 is 0 Å². The van der Waals surface area contributed by atoms with Gasteiger partial charge in [0.25, 0.3) is 0 Å². The molecule has 42 heavy (non-hydrogen) atoms. The third kappa shape index (κ3) is 4.17. The Balaban J connectivity index is 1.48. The molecule has 3 aliphatic carbocycles. The van der Waals surface area contributed by atoms with Crippen molar-refractivity contribution in [2.24, 2.45) is 17.8 Å². The molecule has 2 saturated carbocycles. The van der Waals surface area contributed by atoms with Crippen LogP contribution >= 0.6 is 22.6 Å². The number of amides is 1. The van der Waals surface area contributed by atoms with Crippen LogP contribution in [0.3, 0.4) is 0 Å². The minimum Gasteiger partial charge on any atom is -0.337 e. The molecule has 0 aromatic heterocycles. The maximum atomic E-state index is 15.0. The van der Waals surface area contributed by atoms with Crippen molar-refractivity contribution in [3.05, 3.63) is 62.7 Å². The van der Waals surface area contributed by atoms with Crippen LogP contribution in [0.25, 0.3) is 0 Å². The van der Waals surface area contributed by atoms with Crippen molar-refractivity contribution in [2.45, 2.75) is 78.7 Å². The van der Waals surface area contributed by atoms with Crippen LogP contribution in [-0.4, -0.2) is 44.2 Å². The Labute approximate surface area is 252 Å². The number of rotatable bonds is 4. The van der Waals surface area contributed by atoms with E-state index in [0.717, 1.165) is 35.3 Å². The van der Waals surface area contributed by atoms with E-state index in [2.05, 4.69) is 0 Å². The standard InChI is InChI=1S/C29H27F7INO3S/c30-27(28(31,32)33,29(34,35)36)17-6-11-22-16(15-17)5-12-23-26(22,42(40,41)19-9-7-18(37)8-10-19)13-14-38(23)25(39)24-20-3-1-2-4-21(20)24/h6-11,15,20-21,23-24H,1-5,12-14H2/t20-,21+,23-,24-,26-/m1/s1. The number of hydrogen-bond acceptors (Lipinski definition) is 3. The number of fused-ring (bicyclic) bond motifs is 4. The van der Waals surface area contributed by atoms with Gasteiger partial charge in [-0.3, -0.25) is 4.79 Å². The van der Waals surface area contributed by atoms with Crippen molar-refractivity contribution in [3.8, 4) is 0 Å². The number of likely N-dealkylation sites (tertiary alicyclic amines) is 1. The van der Waals surface area contributed by atoms with E-state index < -0.39 is 44.2 Å². The van der Waals surface area contributed by atoms with Crippen LogP contribution in [0.4, 0.5) is 30.7 Å². The molecule has 3 fully saturated rings. The molecule has 0 spiro atoms. The van der Waals surface area contributed by atoms with E-state index in [4.69, 9.17) is 0 Å². The lowest BCUT2D eigenvalue weighted by Crippen LogP contribution is -2.53. The van der Waals surface area contributed by atoms with Gasteiger partial charge in [0.05, 0.1) is 10.9 Å². The molecular formula is C29H27F7INO3S. The molecule has 1 saturated heterocycles. The first kappa shape index (κ1) is 30.1. The van der Waals surface area contributed by atoms with Gasteiger partial charge in [-0.2, -0.15) is 26.3 Å². The smallest absolute Gasteiger partial charge is 0.337 e. The molecule has 0 radical (unpaired) electrons. The highest BCUT2D eigenvalue weighted by atomic mass is 127. The summed E-state index contributed by atoms with van der Waals surface area (Å²) in [5.41, 5.74) is -7.35. The number of carbonyl (C=O) groups is 1. The summed E-state index contributed by atoms with van der Waals surface area (Å²) in [5.74, 6) is 0.192. The van der Waals surface area contributed by atoms with Gasteiger partial charge in [-0.05, 0) is 102 Å². The Hall–Kier alpha value is -1.90. The fourth-order valence-electron chi connectivity index (χ4n) is 7.87. The predicted molar refractivity (Wildman–Crippen MR) is 147 cm³/mol. The zero-order chi connectivity index (χ0) is 30.5. The highest BCUT2D eigenvalue weighted by molar-refractivity contribution is 14.1. The summed E-state index contributed by atoms with van der Waals surface area (Å²) in [6.07, 6.45) is -8.84. The van der Waals surface area contributed by atoms with Crippen LogP contribution in [0.1, 0.15) is 55.2 Å². The van der Waals surface area contributed by atoms with Gasteiger partial charge >= 0.3 is 18.0 Å². The summed E-state index contributed by atoms with van der Waals surface area (Å²) < 4.78 is 124. The SMILES string of the molecule is O=C([C@@H]1[C@@H]2CCCC[C@@H]21)N1CC[C@@]2(S(=O)(=O)c3ccc(I)cc3)c3ccc(C(F)(C(F)(F)F)C(F)(F)F)cc3CC[C@@H]12. The molecule has 13 heteroatoms. The highest BCUT2D eigenvalue weighted by Crippen LogP contribution is 2.60. The number of sulfone groups is 1. The van der Waals surface area contributed by atoms with Gasteiger partial charge in [-0.1, -0.05) is 31.0 Å². The maximum absolute atomic E-state index is 15.0. The zero-order valence-electron chi connectivity index (χ0n) is 22.1. The molecule has 2 aromatic rings. The lowest BCUT2D eigenvalue weighted by atomic mass is 9.76. The van der Waals surface area contributed by atoms with Crippen LogP contribution in [-0.2, 0) is 31.5 Å². The second-order valence-corrected chi connectivity index (χ2v) is 15.3. The Morgan fingerprint density at radius 3 is 2.05 bits per heavy atom. The van der Waals surface area contributed by atoms with Crippen molar-refractivity contribution in [2.75, 3.05) is 6.54 Å². The second kappa shape index (κ2) is 9.80. The van der Waals surface area contributed by atoms with E-state index in [1.54, 1.807) is 17.0 Å². The molecule has 0 N–H and O–H groups in total. The second-order valence-electron chi connectivity index (χ2n) is 11.8. The van der Waals surface area contributed by atoms with E-state index in [-0.39, 0.29) is 65.5 Å². The molecule has 1 heterocycles. The zero-order valence-corrected chi connectivity index (χ0v) is 25.1. The van der Waals surface area contributed by atoms with Gasteiger partial charge in [0.15, 0.2) is 9.84 Å². The molecule has 4 aliphatic rings. The fourth-order valence-corrected chi connectivity index (χ4v) is 10.6. The summed E-state index contributed by atoms with van der Waals surface area (Å²) in [7, 11) is -4.33. The monoisotopic (exact) mass is 729 g/mol. The Morgan fingerprint density at radius 2 is 1.48 bits per heavy atom. The van der Waals surface area contributed by atoms with Gasteiger partial charge in [0.2, 0.25) is 5.91 Å². The van der Waals surface area contributed by atoms with E-state index in [0.29, 0.717) is 12.1 Å². The topological polar surface area (TPSA) is 54.5 Å². The van der Waals surface area contributed by atoms with Crippen molar-refractivity contribution >= 4 is 38.3 Å². The van der Waals surface area contributed by atoms with Crippen LogP contribution in [0, 0.1) is 21.3 Å². The first-order valence-corrected chi connectivity index (χ1v) is 16.4. The lowest BCUT2D eigenvalue weighted by molar-refractivity contribution is -0.348. The molecule has 228 valence electrons.